The SMILES string of the molecule is CC1CC(NC(=O)NCC2(O)CCCCCC2)CC(C)O1. The van der Waals surface area contributed by atoms with Gasteiger partial charge in [0.1, 0.15) is 0 Å². The van der Waals surface area contributed by atoms with Gasteiger partial charge in [0, 0.05) is 12.6 Å². The van der Waals surface area contributed by atoms with E-state index in [1.54, 1.807) is 0 Å². The summed E-state index contributed by atoms with van der Waals surface area (Å²) in [6.45, 7) is 4.43. The summed E-state index contributed by atoms with van der Waals surface area (Å²) in [7, 11) is 0. The second-order valence-corrected chi connectivity index (χ2v) is 6.89. The number of carbonyl (C=O) groups is 1. The van der Waals surface area contributed by atoms with Crippen LogP contribution in [0, 0.1) is 0 Å². The van der Waals surface area contributed by atoms with E-state index in [0.29, 0.717) is 6.54 Å². The Morgan fingerprint density at radius 3 is 2.29 bits per heavy atom. The van der Waals surface area contributed by atoms with Crippen LogP contribution >= 0.6 is 0 Å². The smallest absolute Gasteiger partial charge is 0.315 e. The van der Waals surface area contributed by atoms with E-state index in [9.17, 15) is 9.90 Å². The molecule has 0 radical (unpaired) electrons. The van der Waals surface area contributed by atoms with Gasteiger partial charge in [-0.15, -0.1) is 0 Å². The van der Waals surface area contributed by atoms with E-state index < -0.39 is 5.60 Å². The van der Waals surface area contributed by atoms with Crippen LogP contribution in [-0.4, -0.2) is 41.5 Å². The molecule has 2 aliphatic rings. The molecule has 0 aromatic heterocycles. The van der Waals surface area contributed by atoms with E-state index in [0.717, 1.165) is 38.5 Å². The Balaban J connectivity index is 1.73. The third-order valence-electron chi connectivity index (χ3n) is 4.64. The Morgan fingerprint density at radius 1 is 1.14 bits per heavy atom. The Morgan fingerprint density at radius 2 is 1.71 bits per heavy atom. The summed E-state index contributed by atoms with van der Waals surface area (Å²) < 4.78 is 5.67. The lowest BCUT2D eigenvalue weighted by Gasteiger charge is -2.33. The van der Waals surface area contributed by atoms with Crippen LogP contribution in [0.5, 0.6) is 0 Å². The first kappa shape index (κ1) is 16.6. The van der Waals surface area contributed by atoms with Crippen LogP contribution in [0.1, 0.15) is 65.2 Å². The number of carbonyl (C=O) groups excluding carboxylic acids is 1. The summed E-state index contributed by atoms with van der Waals surface area (Å²) in [6, 6.07) is -0.00787. The maximum absolute atomic E-state index is 12.0. The van der Waals surface area contributed by atoms with Crippen LogP contribution in [0.3, 0.4) is 0 Å². The Hall–Kier alpha value is -0.810. The summed E-state index contributed by atoms with van der Waals surface area (Å²) in [5, 5.41) is 16.4. The molecular weight excluding hydrogens is 268 g/mol. The summed E-state index contributed by atoms with van der Waals surface area (Å²) in [5.41, 5.74) is -0.718. The van der Waals surface area contributed by atoms with Gasteiger partial charge in [0.05, 0.1) is 17.8 Å². The second kappa shape index (κ2) is 7.45. The summed E-state index contributed by atoms with van der Waals surface area (Å²) >= 11 is 0. The molecule has 1 aliphatic carbocycles. The van der Waals surface area contributed by atoms with Crippen molar-refractivity contribution >= 4 is 6.03 Å². The van der Waals surface area contributed by atoms with E-state index in [4.69, 9.17) is 4.74 Å². The van der Waals surface area contributed by atoms with Crippen LogP contribution in [0.2, 0.25) is 0 Å². The van der Waals surface area contributed by atoms with Gasteiger partial charge in [-0.3, -0.25) is 0 Å². The first-order valence-electron chi connectivity index (χ1n) is 8.39. The van der Waals surface area contributed by atoms with Crippen molar-refractivity contribution in [2.45, 2.75) is 89.1 Å². The van der Waals surface area contributed by atoms with Gasteiger partial charge in [0.25, 0.3) is 0 Å². The third-order valence-corrected chi connectivity index (χ3v) is 4.64. The highest BCUT2D eigenvalue weighted by Gasteiger charge is 2.29. The number of amides is 2. The average Bonchev–Trinajstić information content (AvgIpc) is 2.61. The van der Waals surface area contributed by atoms with Crippen LogP contribution in [-0.2, 0) is 4.74 Å². The Kier molecular flexibility index (Phi) is 5.88. The van der Waals surface area contributed by atoms with E-state index in [-0.39, 0.29) is 24.3 Å². The minimum absolute atomic E-state index is 0.160. The lowest BCUT2D eigenvalue weighted by Crippen LogP contribution is -2.51. The highest BCUT2D eigenvalue weighted by molar-refractivity contribution is 5.74. The van der Waals surface area contributed by atoms with Gasteiger partial charge in [-0.25, -0.2) is 4.79 Å². The van der Waals surface area contributed by atoms with Crippen molar-refractivity contribution in [1.29, 1.82) is 0 Å². The molecule has 1 heterocycles. The quantitative estimate of drug-likeness (QED) is 0.700. The molecule has 0 spiro atoms. The second-order valence-electron chi connectivity index (χ2n) is 6.89. The molecule has 122 valence electrons. The average molecular weight is 298 g/mol. The van der Waals surface area contributed by atoms with Gasteiger partial charge in [-0.1, -0.05) is 25.7 Å². The lowest BCUT2D eigenvalue weighted by molar-refractivity contribution is -0.0403. The number of urea groups is 1. The summed E-state index contributed by atoms with van der Waals surface area (Å²) in [5.74, 6) is 0. The van der Waals surface area contributed by atoms with Crippen molar-refractivity contribution in [2.24, 2.45) is 0 Å². The van der Waals surface area contributed by atoms with Gasteiger partial charge < -0.3 is 20.5 Å². The van der Waals surface area contributed by atoms with Gasteiger partial charge in [-0.05, 0) is 39.5 Å². The highest BCUT2D eigenvalue weighted by atomic mass is 16.5. The molecule has 0 bridgehead atoms. The van der Waals surface area contributed by atoms with E-state index in [1.807, 2.05) is 13.8 Å². The van der Waals surface area contributed by atoms with Crippen molar-refractivity contribution in [2.75, 3.05) is 6.54 Å². The predicted octanol–water partition coefficient (Wildman–Crippen LogP) is 2.33. The van der Waals surface area contributed by atoms with Gasteiger partial charge in [-0.2, -0.15) is 0 Å². The molecule has 0 aromatic carbocycles. The number of hydrogen-bond acceptors (Lipinski definition) is 3. The molecule has 1 saturated carbocycles. The molecule has 2 fully saturated rings. The largest absolute Gasteiger partial charge is 0.388 e. The fourth-order valence-corrected chi connectivity index (χ4v) is 3.57. The minimum Gasteiger partial charge on any atom is -0.388 e. The lowest BCUT2D eigenvalue weighted by atomic mass is 9.94. The first-order valence-corrected chi connectivity index (χ1v) is 8.39. The summed E-state index contributed by atoms with van der Waals surface area (Å²) in [4.78, 5) is 12.0. The number of nitrogens with one attached hydrogen (secondary N) is 2. The number of hydrogen-bond donors (Lipinski definition) is 3. The van der Waals surface area contributed by atoms with Crippen molar-refractivity contribution in [3.63, 3.8) is 0 Å². The van der Waals surface area contributed by atoms with E-state index in [1.165, 1.54) is 12.8 Å². The van der Waals surface area contributed by atoms with E-state index >= 15 is 0 Å². The number of ether oxygens (including phenoxy) is 1. The van der Waals surface area contributed by atoms with Gasteiger partial charge in [0.15, 0.2) is 0 Å². The number of aliphatic hydroxyl groups is 1. The van der Waals surface area contributed by atoms with Crippen LogP contribution < -0.4 is 10.6 Å². The van der Waals surface area contributed by atoms with Gasteiger partial charge >= 0.3 is 6.03 Å². The zero-order valence-corrected chi connectivity index (χ0v) is 13.4. The topological polar surface area (TPSA) is 70.6 Å². The molecule has 2 unspecified atom stereocenters. The van der Waals surface area contributed by atoms with E-state index in [2.05, 4.69) is 10.6 Å². The Bertz CT molecular complexity index is 330. The molecular formula is C16H30N2O3. The molecule has 1 aliphatic heterocycles. The molecule has 2 atom stereocenters. The maximum atomic E-state index is 12.0. The van der Waals surface area contributed by atoms with Crippen LogP contribution in [0.25, 0.3) is 0 Å². The zero-order valence-electron chi connectivity index (χ0n) is 13.4. The monoisotopic (exact) mass is 298 g/mol. The maximum Gasteiger partial charge on any atom is 0.315 e. The number of rotatable bonds is 3. The van der Waals surface area contributed by atoms with Crippen LogP contribution in [0.15, 0.2) is 0 Å². The Labute approximate surface area is 127 Å². The molecule has 0 aromatic rings. The van der Waals surface area contributed by atoms with Gasteiger partial charge in [0.2, 0.25) is 0 Å². The fourth-order valence-electron chi connectivity index (χ4n) is 3.57. The van der Waals surface area contributed by atoms with Crippen molar-refractivity contribution in [1.82, 2.24) is 10.6 Å². The molecule has 2 amide bonds. The molecule has 5 nitrogen and oxygen atoms in total. The fraction of sp³-hybridized carbons (Fsp3) is 0.938. The van der Waals surface area contributed by atoms with Crippen molar-refractivity contribution in [3.05, 3.63) is 0 Å². The highest BCUT2D eigenvalue weighted by Crippen LogP contribution is 2.26. The zero-order chi connectivity index (χ0) is 15.3. The molecule has 21 heavy (non-hydrogen) atoms. The van der Waals surface area contributed by atoms with Crippen LogP contribution in [0.4, 0.5) is 4.79 Å². The summed E-state index contributed by atoms with van der Waals surface area (Å²) in [6.07, 6.45) is 8.12. The first-order chi connectivity index (χ1) is 9.97. The van der Waals surface area contributed by atoms with Crippen molar-refractivity contribution < 1.29 is 14.6 Å². The standard InChI is InChI=1S/C16H30N2O3/c1-12-9-14(10-13(2)21-12)18-15(19)17-11-16(20)7-5-3-4-6-8-16/h12-14,20H,3-11H2,1-2H3,(H2,17,18,19). The predicted molar refractivity (Wildman–Crippen MR) is 82.2 cm³/mol. The third kappa shape index (κ3) is 5.47. The van der Waals surface area contributed by atoms with Crippen molar-refractivity contribution in [3.8, 4) is 0 Å². The molecule has 1 saturated heterocycles. The normalized spacial score (nSPS) is 33.0. The minimum atomic E-state index is -0.718. The molecule has 5 heteroatoms. The molecule has 2 rings (SSSR count). The molecule has 3 N–H and O–H groups in total.